The highest BCUT2D eigenvalue weighted by atomic mass is 79.9. The van der Waals surface area contributed by atoms with Gasteiger partial charge in [-0.3, -0.25) is 0 Å². The second-order valence-corrected chi connectivity index (χ2v) is 4.05. The maximum absolute atomic E-state index is 8.64. The van der Waals surface area contributed by atoms with Crippen LogP contribution in [0.1, 0.15) is 11.1 Å². The highest BCUT2D eigenvalue weighted by Crippen LogP contribution is 2.19. The summed E-state index contributed by atoms with van der Waals surface area (Å²) >= 11 is 3.44. The zero-order valence-corrected chi connectivity index (χ0v) is 9.79. The van der Waals surface area contributed by atoms with Crippen molar-refractivity contribution in [1.82, 2.24) is 0 Å². The molecule has 0 heterocycles. The number of fused-ring (bicyclic) bond motifs is 1. The molecule has 2 aromatic carbocycles. The molecule has 0 amide bonds. The van der Waals surface area contributed by atoms with Gasteiger partial charge in [0.15, 0.2) is 0 Å². The maximum Gasteiger partial charge on any atom is 0.0669 e. The molecule has 0 spiro atoms. The monoisotopic (exact) mass is 259 g/mol. The Morgan fingerprint density at radius 2 is 1.67 bits per heavy atom. The lowest BCUT2D eigenvalue weighted by molar-refractivity contribution is 1.27. The van der Waals surface area contributed by atoms with Crippen molar-refractivity contribution >= 4 is 26.7 Å². The van der Waals surface area contributed by atoms with Crippen LogP contribution in [0.4, 0.5) is 0 Å². The highest BCUT2D eigenvalue weighted by Gasteiger charge is 1.97. The lowest BCUT2D eigenvalue weighted by atomic mass is 10.0. The molecule has 2 heteroatoms. The van der Waals surface area contributed by atoms with Crippen molar-refractivity contribution in [3.05, 3.63) is 47.5 Å². The van der Waals surface area contributed by atoms with Crippen LogP contribution >= 0.6 is 15.9 Å². The summed E-state index contributed by atoms with van der Waals surface area (Å²) < 4.78 is 0. The van der Waals surface area contributed by atoms with E-state index in [4.69, 9.17) is 5.26 Å². The Morgan fingerprint density at radius 1 is 1.00 bits per heavy atom. The number of hydrogen-bond donors (Lipinski definition) is 0. The predicted molar refractivity (Wildman–Crippen MR) is 65.9 cm³/mol. The Kier molecular flexibility index (Phi) is 3.03. The van der Waals surface area contributed by atoms with E-state index in [9.17, 15) is 0 Å². The van der Waals surface area contributed by atoms with Gasteiger partial charge >= 0.3 is 0 Å². The zero-order chi connectivity index (χ0) is 10.7. The average molecular weight is 260 g/mol. The molecule has 15 heavy (non-hydrogen) atoms. The number of halogens is 1. The van der Waals surface area contributed by atoms with E-state index in [0.29, 0.717) is 6.42 Å². The fourth-order valence-electron chi connectivity index (χ4n) is 1.63. The average Bonchev–Trinajstić information content (AvgIpc) is 2.28. The van der Waals surface area contributed by atoms with Crippen LogP contribution in [-0.2, 0) is 11.8 Å². The Bertz CT molecular complexity index is 526. The Morgan fingerprint density at radius 3 is 2.33 bits per heavy atom. The molecule has 1 nitrogen and oxygen atoms in total. The molecule has 0 N–H and O–H groups in total. The van der Waals surface area contributed by atoms with Crippen LogP contribution in [0.15, 0.2) is 36.4 Å². The maximum atomic E-state index is 8.64. The first kappa shape index (κ1) is 10.2. The molecule has 0 aliphatic heterocycles. The van der Waals surface area contributed by atoms with Crippen LogP contribution in [0.3, 0.4) is 0 Å². The largest absolute Gasteiger partial charge is 0.198 e. The van der Waals surface area contributed by atoms with Crippen LogP contribution in [-0.4, -0.2) is 0 Å². The standard InChI is InChI=1S/C13H10BrN/c14-9-11-2-4-12-3-1-10(5-6-15)7-13(12)8-11/h1-4,7-8H,5,9H2. The van der Waals surface area contributed by atoms with Gasteiger partial charge in [0.25, 0.3) is 0 Å². The van der Waals surface area contributed by atoms with E-state index in [0.717, 1.165) is 10.9 Å². The number of alkyl halides is 1. The minimum Gasteiger partial charge on any atom is -0.198 e. The number of hydrogen-bond acceptors (Lipinski definition) is 1. The smallest absolute Gasteiger partial charge is 0.0669 e. The summed E-state index contributed by atoms with van der Waals surface area (Å²) in [5, 5.41) is 11.9. The highest BCUT2D eigenvalue weighted by molar-refractivity contribution is 9.08. The van der Waals surface area contributed by atoms with Crippen molar-refractivity contribution in [1.29, 1.82) is 5.26 Å². The Balaban J connectivity index is 2.53. The first-order valence-electron chi connectivity index (χ1n) is 4.78. The molecule has 0 fully saturated rings. The van der Waals surface area contributed by atoms with E-state index in [2.05, 4.69) is 52.3 Å². The summed E-state index contributed by atoms with van der Waals surface area (Å²) in [5.74, 6) is 0. The Hall–Kier alpha value is -1.33. The minimum absolute atomic E-state index is 0.481. The van der Waals surface area contributed by atoms with E-state index in [1.54, 1.807) is 0 Å². The van der Waals surface area contributed by atoms with Crippen molar-refractivity contribution in [3.8, 4) is 6.07 Å². The molecule has 0 unspecified atom stereocenters. The van der Waals surface area contributed by atoms with E-state index in [1.165, 1.54) is 16.3 Å². The van der Waals surface area contributed by atoms with Crippen molar-refractivity contribution in [3.63, 3.8) is 0 Å². The summed E-state index contributed by atoms with van der Waals surface area (Å²) in [7, 11) is 0. The molecule has 74 valence electrons. The van der Waals surface area contributed by atoms with E-state index in [1.807, 2.05) is 6.07 Å². The van der Waals surface area contributed by atoms with Crippen LogP contribution in [0.5, 0.6) is 0 Å². The first-order valence-corrected chi connectivity index (χ1v) is 5.90. The summed E-state index contributed by atoms with van der Waals surface area (Å²) in [6.45, 7) is 0. The van der Waals surface area contributed by atoms with Gasteiger partial charge in [0.2, 0.25) is 0 Å². The number of benzene rings is 2. The molecule has 0 atom stereocenters. The molecule has 2 rings (SSSR count). The summed E-state index contributed by atoms with van der Waals surface area (Å²) in [6.07, 6.45) is 0.481. The predicted octanol–water partition coefficient (Wildman–Crippen LogP) is 3.80. The second kappa shape index (κ2) is 4.46. The summed E-state index contributed by atoms with van der Waals surface area (Å²) in [4.78, 5) is 0. The quantitative estimate of drug-likeness (QED) is 0.753. The van der Waals surface area contributed by atoms with Crippen molar-refractivity contribution < 1.29 is 0 Å². The molecule has 0 aliphatic rings. The van der Waals surface area contributed by atoms with Crippen molar-refractivity contribution in [2.75, 3.05) is 0 Å². The van der Waals surface area contributed by atoms with Gasteiger partial charge in [-0.15, -0.1) is 0 Å². The van der Waals surface area contributed by atoms with Gasteiger partial charge in [0.1, 0.15) is 0 Å². The Labute approximate surface area is 97.5 Å². The lowest BCUT2D eigenvalue weighted by Gasteiger charge is -2.02. The molecule has 0 radical (unpaired) electrons. The van der Waals surface area contributed by atoms with Gasteiger partial charge in [0.05, 0.1) is 12.5 Å². The molecular weight excluding hydrogens is 250 g/mol. The summed E-state index contributed by atoms with van der Waals surface area (Å²) in [5.41, 5.74) is 2.34. The molecule has 0 saturated heterocycles. The van der Waals surface area contributed by atoms with E-state index >= 15 is 0 Å². The van der Waals surface area contributed by atoms with Crippen LogP contribution in [0, 0.1) is 11.3 Å². The SMILES string of the molecule is N#CCc1ccc2ccc(CBr)cc2c1. The normalized spacial score (nSPS) is 10.1. The molecule has 2 aromatic rings. The molecule has 0 saturated carbocycles. The van der Waals surface area contributed by atoms with Gasteiger partial charge in [-0.25, -0.2) is 0 Å². The van der Waals surface area contributed by atoms with Gasteiger partial charge in [0, 0.05) is 5.33 Å². The topological polar surface area (TPSA) is 23.8 Å². The van der Waals surface area contributed by atoms with Gasteiger partial charge in [-0.05, 0) is 21.9 Å². The van der Waals surface area contributed by atoms with Crippen LogP contribution in [0.25, 0.3) is 10.8 Å². The zero-order valence-electron chi connectivity index (χ0n) is 8.20. The third kappa shape index (κ3) is 2.19. The third-order valence-electron chi connectivity index (χ3n) is 2.41. The number of nitriles is 1. The van der Waals surface area contributed by atoms with Crippen molar-refractivity contribution in [2.45, 2.75) is 11.8 Å². The third-order valence-corrected chi connectivity index (χ3v) is 3.05. The molecule has 0 aromatic heterocycles. The fourth-order valence-corrected chi connectivity index (χ4v) is 1.98. The minimum atomic E-state index is 0.481. The van der Waals surface area contributed by atoms with Gasteiger partial charge in [-0.2, -0.15) is 5.26 Å². The van der Waals surface area contributed by atoms with Crippen LogP contribution in [0.2, 0.25) is 0 Å². The van der Waals surface area contributed by atoms with Gasteiger partial charge < -0.3 is 0 Å². The second-order valence-electron chi connectivity index (χ2n) is 3.48. The fraction of sp³-hybridized carbons (Fsp3) is 0.154. The molecule has 0 bridgehead atoms. The van der Waals surface area contributed by atoms with Gasteiger partial charge in [-0.1, -0.05) is 52.3 Å². The number of nitrogens with zero attached hydrogens (tertiary/aromatic N) is 1. The summed E-state index contributed by atoms with van der Waals surface area (Å²) in [6, 6.07) is 14.7. The molecule has 0 aliphatic carbocycles. The first-order chi connectivity index (χ1) is 7.33. The lowest BCUT2D eigenvalue weighted by Crippen LogP contribution is -1.83. The molecular formula is C13H10BrN. The van der Waals surface area contributed by atoms with E-state index in [-0.39, 0.29) is 0 Å². The number of rotatable bonds is 2. The van der Waals surface area contributed by atoms with E-state index < -0.39 is 0 Å². The van der Waals surface area contributed by atoms with Crippen molar-refractivity contribution in [2.24, 2.45) is 0 Å². The van der Waals surface area contributed by atoms with Crippen LogP contribution < -0.4 is 0 Å².